The Kier molecular flexibility index (Phi) is 5.59. The van der Waals surface area contributed by atoms with E-state index in [4.69, 9.17) is 16.3 Å². The molecular formula is C17H19ClFNO. The minimum Gasteiger partial charge on any atom is -0.489 e. The van der Waals surface area contributed by atoms with Crippen LogP contribution in [0, 0.1) is 5.82 Å². The second-order valence-electron chi connectivity index (χ2n) is 4.84. The molecule has 112 valence electrons. The van der Waals surface area contributed by atoms with E-state index in [0.717, 1.165) is 23.4 Å². The van der Waals surface area contributed by atoms with Crippen LogP contribution in [0.4, 0.5) is 4.39 Å². The van der Waals surface area contributed by atoms with Crippen molar-refractivity contribution in [3.63, 3.8) is 0 Å². The summed E-state index contributed by atoms with van der Waals surface area (Å²) in [6.07, 6.45) is 0. The van der Waals surface area contributed by atoms with E-state index in [1.54, 1.807) is 6.07 Å². The molecule has 0 bridgehead atoms. The Labute approximate surface area is 129 Å². The molecule has 2 aromatic carbocycles. The lowest BCUT2D eigenvalue weighted by Gasteiger charge is -2.18. The molecule has 1 N–H and O–H groups in total. The quantitative estimate of drug-likeness (QED) is 0.833. The highest BCUT2D eigenvalue weighted by Gasteiger charge is 2.11. The summed E-state index contributed by atoms with van der Waals surface area (Å²) in [6.45, 7) is 5.36. The monoisotopic (exact) mass is 307 g/mol. The fourth-order valence-corrected chi connectivity index (χ4v) is 2.40. The zero-order valence-electron chi connectivity index (χ0n) is 12.2. The first-order valence-electron chi connectivity index (χ1n) is 7.01. The van der Waals surface area contributed by atoms with E-state index in [9.17, 15) is 4.39 Å². The van der Waals surface area contributed by atoms with Gasteiger partial charge in [-0.15, -0.1) is 0 Å². The maximum absolute atomic E-state index is 13.0. The van der Waals surface area contributed by atoms with Gasteiger partial charge in [0.1, 0.15) is 18.2 Å². The van der Waals surface area contributed by atoms with E-state index in [2.05, 4.69) is 19.2 Å². The van der Waals surface area contributed by atoms with Crippen LogP contribution in [0.15, 0.2) is 42.5 Å². The van der Waals surface area contributed by atoms with Crippen molar-refractivity contribution in [3.05, 3.63) is 64.4 Å². The Morgan fingerprint density at radius 3 is 2.71 bits per heavy atom. The Hall–Kier alpha value is -1.58. The van der Waals surface area contributed by atoms with E-state index >= 15 is 0 Å². The Balaban J connectivity index is 2.13. The van der Waals surface area contributed by atoms with Gasteiger partial charge >= 0.3 is 0 Å². The largest absolute Gasteiger partial charge is 0.489 e. The lowest BCUT2D eigenvalue weighted by atomic mass is 10.1. The molecule has 0 aromatic heterocycles. The molecule has 0 heterocycles. The van der Waals surface area contributed by atoms with Crippen molar-refractivity contribution >= 4 is 11.6 Å². The predicted octanol–water partition coefficient (Wildman–Crippen LogP) is 4.73. The van der Waals surface area contributed by atoms with Gasteiger partial charge in [-0.1, -0.05) is 42.8 Å². The first-order valence-corrected chi connectivity index (χ1v) is 7.38. The van der Waals surface area contributed by atoms with Crippen LogP contribution in [-0.2, 0) is 6.61 Å². The molecule has 0 saturated heterocycles. The third kappa shape index (κ3) is 4.19. The lowest BCUT2D eigenvalue weighted by Crippen LogP contribution is -2.18. The molecular weight excluding hydrogens is 289 g/mol. The predicted molar refractivity (Wildman–Crippen MR) is 84.3 cm³/mol. The smallest absolute Gasteiger partial charge is 0.124 e. The number of hydrogen-bond acceptors (Lipinski definition) is 2. The number of hydrogen-bond donors (Lipinski definition) is 1. The van der Waals surface area contributed by atoms with Gasteiger partial charge in [-0.3, -0.25) is 0 Å². The maximum atomic E-state index is 13.0. The Morgan fingerprint density at radius 1 is 1.24 bits per heavy atom. The van der Waals surface area contributed by atoms with Gasteiger partial charge in [0.15, 0.2) is 0 Å². The van der Waals surface area contributed by atoms with Gasteiger partial charge in [0.25, 0.3) is 0 Å². The third-order valence-corrected chi connectivity index (χ3v) is 3.65. The third-order valence-electron chi connectivity index (χ3n) is 3.29. The van der Waals surface area contributed by atoms with Gasteiger partial charge in [-0.05, 0) is 31.7 Å². The summed E-state index contributed by atoms with van der Waals surface area (Å²) in [5.74, 6) is 0.469. The molecule has 2 nitrogen and oxygen atoms in total. The minimum atomic E-state index is -0.343. The van der Waals surface area contributed by atoms with E-state index in [1.807, 2.05) is 24.3 Å². The molecule has 1 unspecified atom stereocenters. The topological polar surface area (TPSA) is 21.3 Å². The molecule has 4 heteroatoms. The summed E-state index contributed by atoms with van der Waals surface area (Å²) in [4.78, 5) is 0. The molecule has 1 atom stereocenters. The van der Waals surface area contributed by atoms with Gasteiger partial charge in [0.05, 0.1) is 5.02 Å². The van der Waals surface area contributed by atoms with Crippen molar-refractivity contribution < 1.29 is 9.13 Å². The average molecular weight is 308 g/mol. The van der Waals surface area contributed by atoms with Gasteiger partial charge < -0.3 is 10.1 Å². The highest BCUT2D eigenvalue weighted by molar-refractivity contribution is 6.31. The van der Waals surface area contributed by atoms with Crippen molar-refractivity contribution in [1.29, 1.82) is 0 Å². The standard InChI is InChI=1S/C17H19ClFNO/c1-3-20-12(2)15-6-4-5-7-17(15)21-11-13-8-9-14(19)10-16(13)18/h4-10,12,20H,3,11H2,1-2H3. The summed E-state index contributed by atoms with van der Waals surface area (Å²) in [5.41, 5.74) is 1.86. The first-order chi connectivity index (χ1) is 10.1. The second-order valence-corrected chi connectivity index (χ2v) is 5.25. The zero-order valence-corrected chi connectivity index (χ0v) is 13.0. The molecule has 2 rings (SSSR count). The Bertz CT molecular complexity index is 603. The molecule has 0 spiro atoms. The van der Waals surface area contributed by atoms with Crippen LogP contribution in [-0.4, -0.2) is 6.54 Å². The van der Waals surface area contributed by atoms with Crippen molar-refractivity contribution in [2.45, 2.75) is 26.5 Å². The fraction of sp³-hybridized carbons (Fsp3) is 0.294. The molecule has 0 radical (unpaired) electrons. The van der Waals surface area contributed by atoms with Crippen molar-refractivity contribution in [2.24, 2.45) is 0 Å². The summed E-state index contributed by atoms with van der Waals surface area (Å²) < 4.78 is 18.9. The van der Waals surface area contributed by atoms with Crippen LogP contribution in [0.5, 0.6) is 5.75 Å². The first kappa shape index (κ1) is 15.8. The number of benzene rings is 2. The van der Waals surface area contributed by atoms with Crippen molar-refractivity contribution in [2.75, 3.05) is 6.54 Å². The molecule has 21 heavy (non-hydrogen) atoms. The zero-order chi connectivity index (χ0) is 15.2. The van der Waals surface area contributed by atoms with Gasteiger partial charge in [0, 0.05) is 17.2 Å². The van der Waals surface area contributed by atoms with E-state index in [1.165, 1.54) is 12.1 Å². The normalized spacial score (nSPS) is 12.2. The van der Waals surface area contributed by atoms with E-state index in [0.29, 0.717) is 11.6 Å². The highest BCUT2D eigenvalue weighted by Crippen LogP contribution is 2.26. The fourth-order valence-electron chi connectivity index (χ4n) is 2.18. The molecule has 0 aliphatic heterocycles. The van der Waals surface area contributed by atoms with Crippen LogP contribution in [0.25, 0.3) is 0 Å². The summed E-state index contributed by atoms with van der Waals surface area (Å²) in [7, 11) is 0. The average Bonchev–Trinajstić information content (AvgIpc) is 2.47. The second kappa shape index (κ2) is 7.43. The van der Waals surface area contributed by atoms with Crippen LogP contribution in [0.2, 0.25) is 5.02 Å². The van der Waals surface area contributed by atoms with Crippen LogP contribution >= 0.6 is 11.6 Å². The van der Waals surface area contributed by atoms with Crippen LogP contribution < -0.4 is 10.1 Å². The molecule has 2 aromatic rings. The van der Waals surface area contributed by atoms with E-state index < -0.39 is 0 Å². The Morgan fingerprint density at radius 2 is 2.00 bits per heavy atom. The SMILES string of the molecule is CCNC(C)c1ccccc1OCc1ccc(F)cc1Cl. The summed E-state index contributed by atoms with van der Waals surface area (Å²) >= 11 is 6.02. The van der Waals surface area contributed by atoms with Crippen molar-refractivity contribution in [1.82, 2.24) is 5.32 Å². The molecule has 0 fully saturated rings. The van der Waals surface area contributed by atoms with Gasteiger partial charge in [0.2, 0.25) is 0 Å². The molecule has 0 saturated carbocycles. The van der Waals surface area contributed by atoms with Crippen LogP contribution in [0.3, 0.4) is 0 Å². The minimum absolute atomic E-state index is 0.204. The van der Waals surface area contributed by atoms with Crippen LogP contribution in [0.1, 0.15) is 31.0 Å². The number of para-hydroxylation sites is 1. The van der Waals surface area contributed by atoms with E-state index in [-0.39, 0.29) is 11.9 Å². The number of rotatable bonds is 6. The number of ether oxygens (including phenoxy) is 1. The lowest BCUT2D eigenvalue weighted by molar-refractivity contribution is 0.300. The number of halogens is 2. The maximum Gasteiger partial charge on any atom is 0.124 e. The highest BCUT2D eigenvalue weighted by atomic mass is 35.5. The molecule has 0 amide bonds. The summed E-state index contributed by atoms with van der Waals surface area (Å²) in [6, 6.07) is 12.4. The molecule has 0 aliphatic carbocycles. The van der Waals surface area contributed by atoms with Gasteiger partial charge in [-0.25, -0.2) is 4.39 Å². The molecule has 0 aliphatic rings. The van der Waals surface area contributed by atoms with Gasteiger partial charge in [-0.2, -0.15) is 0 Å². The van der Waals surface area contributed by atoms with Crippen molar-refractivity contribution in [3.8, 4) is 5.75 Å². The number of nitrogens with one attached hydrogen (secondary N) is 1. The summed E-state index contributed by atoms with van der Waals surface area (Å²) in [5, 5.41) is 3.75.